The Labute approximate surface area is 225 Å². The van der Waals surface area contributed by atoms with Crippen molar-refractivity contribution in [2.75, 3.05) is 19.1 Å². The molecule has 0 saturated heterocycles. The van der Waals surface area contributed by atoms with Crippen LogP contribution in [0, 0.1) is 11.7 Å². The minimum atomic E-state index is -1.21. The van der Waals surface area contributed by atoms with Crippen molar-refractivity contribution in [3.05, 3.63) is 125 Å². The van der Waals surface area contributed by atoms with Crippen LogP contribution in [0.5, 0.6) is 0 Å². The van der Waals surface area contributed by atoms with Crippen LogP contribution in [0.15, 0.2) is 108 Å². The Balaban J connectivity index is 1.84. The molecule has 1 aliphatic carbocycles. The summed E-state index contributed by atoms with van der Waals surface area (Å²) >= 11 is 0. The van der Waals surface area contributed by atoms with E-state index in [2.05, 4.69) is 0 Å². The van der Waals surface area contributed by atoms with Crippen LogP contribution in [0.1, 0.15) is 29.4 Å². The van der Waals surface area contributed by atoms with E-state index in [0.717, 1.165) is 5.56 Å². The van der Waals surface area contributed by atoms with Crippen LogP contribution in [0.2, 0.25) is 0 Å². The first kappa shape index (κ1) is 25.9. The number of ketones is 1. The molecule has 0 aromatic heterocycles. The Bertz CT molecular complexity index is 1500. The third-order valence-electron chi connectivity index (χ3n) is 7.36. The number of carbonyl (C=O) groups excluding carboxylic acids is 3. The monoisotopic (exact) mass is 526 g/mol. The lowest BCUT2D eigenvalue weighted by molar-refractivity contribution is -0.150. The van der Waals surface area contributed by atoms with Crippen molar-refractivity contribution in [2.45, 2.75) is 18.3 Å². The number of ether oxygens (including phenoxy) is 2. The Morgan fingerprint density at radius 2 is 1.51 bits per heavy atom. The molecular weight excluding hydrogens is 499 g/mol. The second-order valence-corrected chi connectivity index (χ2v) is 9.36. The number of benzene rings is 3. The predicted molar refractivity (Wildman–Crippen MR) is 143 cm³/mol. The minimum absolute atomic E-state index is 0.0242. The van der Waals surface area contributed by atoms with E-state index < -0.39 is 41.3 Å². The van der Waals surface area contributed by atoms with Gasteiger partial charge in [0.2, 0.25) is 0 Å². The average Bonchev–Trinajstić information content (AvgIpc) is 2.97. The van der Waals surface area contributed by atoms with Gasteiger partial charge in [0.15, 0.2) is 5.78 Å². The summed E-state index contributed by atoms with van der Waals surface area (Å²) in [5.41, 5.74) is 8.68. The molecule has 3 atom stereocenters. The van der Waals surface area contributed by atoms with Gasteiger partial charge in [-0.25, -0.2) is 9.18 Å². The third kappa shape index (κ3) is 4.37. The highest BCUT2D eigenvalue weighted by Crippen LogP contribution is 2.51. The SMILES string of the molecule is COC(=O)C1=C(N)N(c2ccccc2)C2=C(C(=O)[C@@H](C(=O)OC)[C@@H](c3ccccc3)C2)[C@@H]1c1ccccc1F. The van der Waals surface area contributed by atoms with Gasteiger partial charge in [-0.3, -0.25) is 14.5 Å². The molecule has 0 radical (unpaired) electrons. The standard InChI is InChI=1S/C31H27FN2O5/c1-38-30(36)25-21(18-11-5-3-6-12-18)17-23-26(28(25)35)24(20-15-9-10-16-22(20)32)27(31(37)39-2)29(33)34(23)19-13-7-4-8-14-19/h3-16,21,24-25H,17,33H2,1-2H3/t21-,24+,25+/m1/s1. The first-order valence-corrected chi connectivity index (χ1v) is 12.5. The fraction of sp³-hybridized carbons (Fsp3) is 0.194. The number of nitrogens with zero attached hydrogens (tertiary/aromatic N) is 1. The van der Waals surface area contributed by atoms with Crippen molar-refractivity contribution in [1.29, 1.82) is 0 Å². The van der Waals surface area contributed by atoms with Crippen LogP contribution in [-0.2, 0) is 23.9 Å². The van der Waals surface area contributed by atoms with Gasteiger partial charge in [0, 0.05) is 28.4 Å². The molecule has 0 unspecified atom stereocenters. The zero-order valence-corrected chi connectivity index (χ0v) is 21.5. The van der Waals surface area contributed by atoms with E-state index in [1.54, 1.807) is 35.2 Å². The van der Waals surface area contributed by atoms with Gasteiger partial charge in [0.25, 0.3) is 0 Å². The number of anilines is 1. The van der Waals surface area contributed by atoms with Crippen LogP contribution in [0.25, 0.3) is 0 Å². The summed E-state index contributed by atoms with van der Waals surface area (Å²) in [7, 11) is 2.42. The van der Waals surface area contributed by atoms with Crippen molar-refractivity contribution < 1.29 is 28.2 Å². The van der Waals surface area contributed by atoms with E-state index in [0.29, 0.717) is 11.4 Å². The van der Waals surface area contributed by atoms with Crippen molar-refractivity contribution >= 4 is 23.4 Å². The zero-order valence-electron chi connectivity index (χ0n) is 21.5. The summed E-state index contributed by atoms with van der Waals surface area (Å²) in [4.78, 5) is 42.5. The van der Waals surface area contributed by atoms with E-state index in [4.69, 9.17) is 15.2 Å². The van der Waals surface area contributed by atoms with Crippen molar-refractivity contribution in [2.24, 2.45) is 11.7 Å². The largest absolute Gasteiger partial charge is 0.468 e. The van der Waals surface area contributed by atoms with Crippen molar-refractivity contribution in [3.8, 4) is 0 Å². The normalized spacial score (nSPS) is 20.9. The summed E-state index contributed by atoms with van der Waals surface area (Å²) < 4.78 is 25.5. The molecule has 2 N–H and O–H groups in total. The quantitative estimate of drug-likeness (QED) is 0.384. The summed E-state index contributed by atoms with van der Waals surface area (Å²) in [6.07, 6.45) is 0.208. The Kier molecular flexibility index (Phi) is 7.02. The van der Waals surface area contributed by atoms with Gasteiger partial charge >= 0.3 is 11.9 Å². The fourth-order valence-electron chi connectivity index (χ4n) is 5.64. The van der Waals surface area contributed by atoms with Gasteiger partial charge < -0.3 is 15.2 Å². The number of rotatable bonds is 5. The molecule has 7 nitrogen and oxygen atoms in total. The lowest BCUT2D eigenvalue weighted by Gasteiger charge is -2.44. The first-order valence-electron chi connectivity index (χ1n) is 12.5. The van der Waals surface area contributed by atoms with Gasteiger partial charge in [0.05, 0.1) is 25.7 Å². The number of esters is 2. The number of nitrogens with two attached hydrogens (primary N) is 1. The molecule has 5 rings (SSSR count). The fourth-order valence-corrected chi connectivity index (χ4v) is 5.64. The maximum Gasteiger partial charge on any atom is 0.338 e. The summed E-state index contributed by atoms with van der Waals surface area (Å²) in [6.45, 7) is 0. The number of hydrogen-bond acceptors (Lipinski definition) is 7. The lowest BCUT2D eigenvalue weighted by Crippen LogP contribution is -2.46. The van der Waals surface area contributed by atoms with Crippen molar-refractivity contribution in [3.63, 3.8) is 0 Å². The lowest BCUT2D eigenvalue weighted by atomic mass is 9.67. The number of halogens is 1. The minimum Gasteiger partial charge on any atom is -0.468 e. The van der Waals surface area contributed by atoms with Gasteiger partial charge in [0.1, 0.15) is 17.6 Å². The third-order valence-corrected chi connectivity index (χ3v) is 7.36. The van der Waals surface area contributed by atoms with E-state index in [1.807, 2.05) is 36.4 Å². The van der Waals surface area contributed by atoms with Crippen LogP contribution in [-0.4, -0.2) is 31.9 Å². The molecule has 0 saturated carbocycles. The molecule has 8 heteroatoms. The number of allylic oxidation sites excluding steroid dienone is 2. The molecule has 1 heterocycles. The molecule has 2 aliphatic rings. The summed E-state index contributed by atoms with van der Waals surface area (Å²) in [5.74, 6) is -5.64. The molecule has 0 fully saturated rings. The van der Waals surface area contributed by atoms with Crippen LogP contribution >= 0.6 is 0 Å². The highest BCUT2D eigenvalue weighted by Gasteiger charge is 2.51. The maximum atomic E-state index is 15.4. The predicted octanol–water partition coefficient (Wildman–Crippen LogP) is 4.57. The number of methoxy groups -OCH3 is 2. The Hall–Kier alpha value is -4.72. The molecule has 3 aromatic carbocycles. The average molecular weight is 527 g/mol. The van der Waals surface area contributed by atoms with Gasteiger partial charge in [-0.05, 0) is 30.2 Å². The maximum absolute atomic E-state index is 15.4. The van der Waals surface area contributed by atoms with Gasteiger partial charge in [-0.2, -0.15) is 0 Å². The number of hydrogen-bond donors (Lipinski definition) is 1. The molecule has 0 spiro atoms. The molecule has 1 aliphatic heterocycles. The Morgan fingerprint density at radius 3 is 2.13 bits per heavy atom. The van der Waals surface area contributed by atoms with E-state index >= 15 is 4.39 Å². The highest BCUT2D eigenvalue weighted by molar-refractivity contribution is 6.14. The molecule has 0 amide bonds. The van der Waals surface area contributed by atoms with Crippen molar-refractivity contribution in [1.82, 2.24) is 0 Å². The molecule has 0 bridgehead atoms. The molecule has 39 heavy (non-hydrogen) atoms. The topological polar surface area (TPSA) is 98.9 Å². The summed E-state index contributed by atoms with van der Waals surface area (Å²) in [5, 5.41) is 0. The smallest absolute Gasteiger partial charge is 0.338 e. The molecule has 198 valence electrons. The second kappa shape index (κ2) is 10.6. The van der Waals surface area contributed by atoms with Gasteiger partial charge in [-0.1, -0.05) is 66.7 Å². The summed E-state index contributed by atoms with van der Waals surface area (Å²) in [6, 6.07) is 24.1. The van der Waals surface area contributed by atoms with Crippen LogP contribution in [0.4, 0.5) is 10.1 Å². The molecular formula is C31H27FN2O5. The number of para-hydroxylation sites is 1. The number of carbonyl (C=O) groups is 3. The van der Waals surface area contributed by atoms with Crippen LogP contribution in [0.3, 0.4) is 0 Å². The highest BCUT2D eigenvalue weighted by atomic mass is 19.1. The Morgan fingerprint density at radius 1 is 0.897 bits per heavy atom. The molecule has 3 aromatic rings. The van der Waals surface area contributed by atoms with Crippen LogP contribution < -0.4 is 10.6 Å². The number of Topliss-reactive ketones (excluding diaryl/α,β-unsaturated/α-hetero) is 1. The van der Waals surface area contributed by atoms with E-state index in [9.17, 15) is 14.4 Å². The zero-order chi connectivity index (χ0) is 27.7. The van der Waals surface area contributed by atoms with E-state index in [-0.39, 0.29) is 29.0 Å². The first-order chi connectivity index (χ1) is 18.9. The second-order valence-electron chi connectivity index (χ2n) is 9.36. The van der Waals surface area contributed by atoms with Gasteiger partial charge in [-0.15, -0.1) is 0 Å². The van der Waals surface area contributed by atoms with E-state index in [1.165, 1.54) is 32.4 Å².